The third-order valence-electron chi connectivity index (χ3n) is 3.95. The number of nitrogens with one attached hydrogen (secondary N) is 1. The fraction of sp³-hybridized carbons (Fsp3) is 0.200. The van der Waals surface area contributed by atoms with Gasteiger partial charge in [0.1, 0.15) is 0 Å². The zero-order valence-corrected chi connectivity index (χ0v) is 14.7. The van der Waals surface area contributed by atoms with Crippen molar-refractivity contribution in [1.29, 1.82) is 0 Å². The minimum absolute atomic E-state index is 0.0796. The lowest BCUT2D eigenvalue weighted by Gasteiger charge is -2.05. The Hall–Kier alpha value is -3.48. The second-order valence-corrected chi connectivity index (χ2v) is 5.98. The summed E-state index contributed by atoms with van der Waals surface area (Å²) in [5, 5.41) is 15.8. The van der Waals surface area contributed by atoms with E-state index >= 15 is 0 Å². The van der Waals surface area contributed by atoms with Gasteiger partial charge in [0.15, 0.2) is 5.82 Å². The standard InChI is InChI=1S/C20H20N4O3/c25-17(26)13-7-8-14-21-20(27)18-22-19(15-9-3-1-4-10-15)24(23-18)16-11-5-2-6-12-16/h1-6,9-12H,7-8,13-14H2,(H,21,27)(H,25,26). The first-order valence-corrected chi connectivity index (χ1v) is 8.73. The van der Waals surface area contributed by atoms with E-state index < -0.39 is 5.97 Å². The van der Waals surface area contributed by atoms with Crippen molar-refractivity contribution < 1.29 is 14.7 Å². The predicted octanol–water partition coefficient (Wildman–Crippen LogP) is 2.92. The van der Waals surface area contributed by atoms with Crippen molar-refractivity contribution in [2.45, 2.75) is 19.3 Å². The number of hydrogen-bond donors (Lipinski definition) is 2. The number of carbonyl (C=O) groups excluding carboxylic acids is 1. The Balaban J connectivity index is 1.79. The van der Waals surface area contributed by atoms with Crippen LogP contribution in [0.25, 0.3) is 17.1 Å². The van der Waals surface area contributed by atoms with Crippen molar-refractivity contribution in [2.75, 3.05) is 6.54 Å². The summed E-state index contributed by atoms with van der Waals surface area (Å²) in [5.74, 6) is -0.553. The summed E-state index contributed by atoms with van der Waals surface area (Å²) in [5.41, 5.74) is 1.67. The summed E-state index contributed by atoms with van der Waals surface area (Å²) in [6, 6.07) is 19.0. The Labute approximate surface area is 156 Å². The van der Waals surface area contributed by atoms with E-state index in [0.717, 1.165) is 11.3 Å². The quantitative estimate of drug-likeness (QED) is 0.599. The van der Waals surface area contributed by atoms with E-state index in [4.69, 9.17) is 5.11 Å². The van der Waals surface area contributed by atoms with E-state index in [1.54, 1.807) is 4.68 Å². The molecule has 0 atom stereocenters. The molecule has 0 radical (unpaired) electrons. The van der Waals surface area contributed by atoms with Gasteiger partial charge in [-0.15, -0.1) is 5.10 Å². The Kier molecular flexibility index (Phi) is 5.94. The number of benzene rings is 2. The average Bonchev–Trinajstić information content (AvgIpc) is 3.14. The van der Waals surface area contributed by atoms with Gasteiger partial charge in [-0.2, -0.15) is 0 Å². The van der Waals surface area contributed by atoms with Gasteiger partial charge in [-0.3, -0.25) is 9.59 Å². The molecule has 0 bridgehead atoms. The Morgan fingerprint density at radius 1 is 0.963 bits per heavy atom. The van der Waals surface area contributed by atoms with Gasteiger partial charge in [0.25, 0.3) is 5.91 Å². The largest absolute Gasteiger partial charge is 0.481 e. The van der Waals surface area contributed by atoms with Crippen LogP contribution in [0.4, 0.5) is 0 Å². The number of para-hydroxylation sites is 1. The minimum Gasteiger partial charge on any atom is -0.481 e. The van der Waals surface area contributed by atoms with Gasteiger partial charge in [-0.1, -0.05) is 48.5 Å². The molecule has 2 N–H and O–H groups in total. The molecule has 0 saturated heterocycles. The van der Waals surface area contributed by atoms with E-state index in [1.807, 2.05) is 60.7 Å². The fourth-order valence-electron chi connectivity index (χ4n) is 2.61. The molecule has 2 aromatic carbocycles. The molecule has 138 valence electrons. The van der Waals surface area contributed by atoms with Crippen LogP contribution < -0.4 is 5.32 Å². The molecule has 27 heavy (non-hydrogen) atoms. The smallest absolute Gasteiger partial charge is 0.303 e. The molecule has 0 unspecified atom stereocenters. The van der Waals surface area contributed by atoms with Crippen molar-refractivity contribution in [1.82, 2.24) is 20.1 Å². The number of unbranched alkanes of at least 4 members (excludes halogenated alkanes) is 1. The first-order chi connectivity index (χ1) is 13.1. The lowest BCUT2D eigenvalue weighted by molar-refractivity contribution is -0.137. The molecular weight excluding hydrogens is 344 g/mol. The highest BCUT2D eigenvalue weighted by Gasteiger charge is 2.18. The van der Waals surface area contributed by atoms with Crippen molar-refractivity contribution in [2.24, 2.45) is 0 Å². The summed E-state index contributed by atoms with van der Waals surface area (Å²) in [4.78, 5) is 27.4. The van der Waals surface area contributed by atoms with Crippen LogP contribution in [0.3, 0.4) is 0 Å². The van der Waals surface area contributed by atoms with Crippen LogP contribution in [0, 0.1) is 0 Å². The number of amides is 1. The van der Waals surface area contributed by atoms with E-state index in [-0.39, 0.29) is 18.2 Å². The number of rotatable bonds is 8. The van der Waals surface area contributed by atoms with Gasteiger partial charge < -0.3 is 10.4 Å². The average molecular weight is 364 g/mol. The van der Waals surface area contributed by atoms with Crippen molar-refractivity contribution in [3.63, 3.8) is 0 Å². The fourth-order valence-corrected chi connectivity index (χ4v) is 2.61. The minimum atomic E-state index is -0.836. The molecule has 0 aliphatic carbocycles. The first-order valence-electron chi connectivity index (χ1n) is 8.73. The molecular formula is C20H20N4O3. The summed E-state index contributed by atoms with van der Waals surface area (Å²) in [7, 11) is 0. The second-order valence-electron chi connectivity index (χ2n) is 5.98. The summed E-state index contributed by atoms with van der Waals surface area (Å²) >= 11 is 0. The molecule has 7 nitrogen and oxygen atoms in total. The number of carboxylic acids is 1. The monoisotopic (exact) mass is 364 g/mol. The van der Waals surface area contributed by atoms with Crippen LogP contribution in [0.1, 0.15) is 29.9 Å². The maximum atomic E-state index is 12.4. The molecule has 0 aliphatic rings. The van der Waals surface area contributed by atoms with Crippen molar-refractivity contribution in [3.8, 4) is 17.1 Å². The zero-order valence-electron chi connectivity index (χ0n) is 14.7. The van der Waals surface area contributed by atoms with Crippen LogP contribution in [0.15, 0.2) is 60.7 Å². The van der Waals surface area contributed by atoms with Gasteiger partial charge in [-0.25, -0.2) is 9.67 Å². The number of aromatic nitrogens is 3. The van der Waals surface area contributed by atoms with Crippen molar-refractivity contribution in [3.05, 3.63) is 66.5 Å². The summed E-state index contributed by atoms with van der Waals surface area (Å²) in [6.45, 7) is 0.382. The van der Waals surface area contributed by atoms with Crippen LogP contribution in [0.2, 0.25) is 0 Å². The Morgan fingerprint density at radius 3 is 2.30 bits per heavy atom. The second kappa shape index (κ2) is 8.75. The highest BCUT2D eigenvalue weighted by molar-refractivity contribution is 5.91. The first kappa shape index (κ1) is 18.3. The molecule has 0 aliphatic heterocycles. The molecule has 1 aromatic heterocycles. The van der Waals surface area contributed by atoms with E-state index in [0.29, 0.717) is 25.2 Å². The third kappa shape index (κ3) is 4.78. The lowest BCUT2D eigenvalue weighted by Crippen LogP contribution is -2.25. The molecule has 0 saturated carbocycles. The normalized spacial score (nSPS) is 10.5. The maximum Gasteiger partial charge on any atom is 0.303 e. The zero-order chi connectivity index (χ0) is 19.1. The van der Waals surface area contributed by atoms with Crippen LogP contribution in [0.5, 0.6) is 0 Å². The van der Waals surface area contributed by atoms with Gasteiger partial charge in [0, 0.05) is 18.5 Å². The predicted molar refractivity (Wildman–Crippen MR) is 101 cm³/mol. The maximum absolute atomic E-state index is 12.4. The number of carboxylic acid groups (broad SMARTS) is 1. The molecule has 1 heterocycles. The van der Waals surface area contributed by atoms with Crippen LogP contribution in [-0.2, 0) is 4.79 Å². The van der Waals surface area contributed by atoms with Gasteiger partial charge in [0.05, 0.1) is 5.69 Å². The summed E-state index contributed by atoms with van der Waals surface area (Å²) < 4.78 is 1.65. The van der Waals surface area contributed by atoms with E-state index in [2.05, 4.69) is 15.4 Å². The van der Waals surface area contributed by atoms with Gasteiger partial charge >= 0.3 is 5.97 Å². The van der Waals surface area contributed by atoms with Crippen LogP contribution >= 0.6 is 0 Å². The van der Waals surface area contributed by atoms with Gasteiger partial charge in [0.2, 0.25) is 5.82 Å². The van der Waals surface area contributed by atoms with E-state index in [9.17, 15) is 9.59 Å². The number of carbonyl (C=O) groups is 2. The van der Waals surface area contributed by atoms with Crippen molar-refractivity contribution >= 4 is 11.9 Å². The highest BCUT2D eigenvalue weighted by Crippen LogP contribution is 2.20. The third-order valence-corrected chi connectivity index (χ3v) is 3.95. The van der Waals surface area contributed by atoms with Gasteiger partial charge in [-0.05, 0) is 25.0 Å². The Morgan fingerprint density at radius 2 is 1.63 bits per heavy atom. The highest BCUT2D eigenvalue weighted by atomic mass is 16.4. The SMILES string of the molecule is O=C(O)CCCCNC(=O)c1nc(-c2ccccc2)n(-c2ccccc2)n1. The number of aliphatic carboxylic acids is 1. The molecule has 3 aromatic rings. The molecule has 7 heteroatoms. The molecule has 1 amide bonds. The lowest BCUT2D eigenvalue weighted by atomic mass is 10.2. The number of hydrogen-bond acceptors (Lipinski definition) is 4. The number of nitrogens with zero attached hydrogens (tertiary/aromatic N) is 3. The Bertz CT molecular complexity index is 850. The topological polar surface area (TPSA) is 97.1 Å². The molecule has 3 rings (SSSR count). The summed E-state index contributed by atoms with van der Waals surface area (Å²) in [6.07, 6.45) is 1.19. The molecule has 0 fully saturated rings. The molecule has 0 spiro atoms. The van der Waals surface area contributed by atoms with E-state index in [1.165, 1.54) is 0 Å². The van der Waals surface area contributed by atoms with Crippen LogP contribution in [-0.4, -0.2) is 38.3 Å².